The molecule has 0 saturated heterocycles. The standard InChI is InChI=1S/C29H25N3O7/c1-32-11-10-31-25(32)16-38-22-8-5-18(13-23(22)37-2)20(14-26(34)35)27-21(33)7-6-19-28(36)24(39-29(19)27)12-17-4-3-9-30-15-17/h3-13,15,20,33H,14,16H2,1-2H3,(H,34,35). The molecule has 0 bridgehead atoms. The molecule has 39 heavy (non-hydrogen) atoms. The van der Waals surface area contributed by atoms with Crippen molar-refractivity contribution in [3.63, 3.8) is 0 Å². The molecule has 2 aromatic carbocycles. The first-order valence-electron chi connectivity index (χ1n) is 12.0. The fraction of sp³-hybridized carbons (Fsp3) is 0.172. The number of pyridine rings is 1. The van der Waals surface area contributed by atoms with E-state index < -0.39 is 11.9 Å². The number of carboxylic acids is 1. The summed E-state index contributed by atoms with van der Waals surface area (Å²) in [5.41, 5.74) is 1.62. The summed E-state index contributed by atoms with van der Waals surface area (Å²) in [4.78, 5) is 33.4. The number of allylic oxidation sites excluding steroid dienone is 1. The van der Waals surface area contributed by atoms with Crippen molar-refractivity contribution in [1.29, 1.82) is 0 Å². The van der Waals surface area contributed by atoms with Crippen LogP contribution >= 0.6 is 0 Å². The largest absolute Gasteiger partial charge is 0.508 e. The molecule has 1 aliphatic heterocycles. The molecule has 0 saturated carbocycles. The Morgan fingerprint density at radius 1 is 1.18 bits per heavy atom. The normalized spacial score (nSPS) is 14.1. The quantitative estimate of drug-likeness (QED) is 0.305. The summed E-state index contributed by atoms with van der Waals surface area (Å²) >= 11 is 0. The van der Waals surface area contributed by atoms with Crippen molar-refractivity contribution in [3.05, 3.63) is 101 Å². The number of hydrogen-bond acceptors (Lipinski definition) is 8. The van der Waals surface area contributed by atoms with Gasteiger partial charge in [0.15, 0.2) is 17.3 Å². The molecule has 3 heterocycles. The summed E-state index contributed by atoms with van der Waals surface area (Å²) < 4.78 is 19.2. The van der Waals surface area contributed by atoms with E-state index in [9.17, 15) is 19.8 Å². The van der Waals surface area contributed by atoms with Crippen molar-refractivity contribution in [2.75, 3.05) is 7.11 Å². The van der Waals surface area contributed by atoms with Gasteiger partial charge in [-0.15, -0.1) is 0 Å². The molecule has 1 aliphatic rings. The Morgan fingerprint density at radius 2 is 2.03 bits per heavy atom. The number of imidazole rings is 1. The molecule has 198 valence electrons. The van der Waals surface area contributed by atoms with E-state index in [1.807, 2.05) is 17.8 Å². The zero-order chi connectivity index (χ0) is 27.5. The second-order valence-corrected chi connectivity index (χ2v) is 8.90. The van der Waals surface area contributed by atoms with Gasteiger partial charge in [0.2, 0.25) is 5.78 Å². The fourth-order valence-corrected chi connectivity index (χ4v) is 4.47. The number of hydrogen-bond donors (Lipinski definition) is 2. The average molecular weight is 528 g/mol. The number of carboxylic acid groups (broad SMARTS) is 1. The summed E-state index contributed by atoms with van der Waals surface area (Å²) in [5, 5.41) is 20.7. The van der Waals surface area contributed by atoms with E-state index in [0.29, 0.717) is 28.5 Å². The highest BCUT2D eigenvalue weighted by Crippen LogP contribution is 2.47. The lowest BCUT2D eigenvalue weighted by atomic mass is 9.86. The topological polar surface area (TPSA) is 133 Å². The molecule has 0 spiro atoms. The number of nitrogens with zero attached hydrogens (tertiary/aromatic N) is 3. The van der Waals surface area contributed by atoms with Crippen molar-refractivity contribution in [1.82, 2.24) is 14.5 Å². The van der Waals surface area contributed by atoms with Gasteiger partial charge in [0.05, 0.1) is 19.1 Å². The van der Waals surface area contributed by atoms with Crippen LogP contribution in [-0.4, -0.2) is 43.6 Å². The second-order valence-electron chi connectivity index (χ2n) is 8.90. The van der Waals surface area contributed by atoms with Gasteiger partial charge in [-0.1, -0.05) is 12.1 Å². The van der Waals surface area contributed by atoms with Gasteiger partial charge in [-0.2, -0.15) is 0 Å². The van der Waals surface area contributed by atoms with Crippen LogP contribution in [0.2, 0.25) is 0 Å². The van der Waals surface area contributed by atoms with Gasteiger partial charge in [0.25, 0.3) is 0 Å². The molecule has 1 atom stereocenters. The number of phenolic OH excluding ortho intramolecular Hbond substituents is 1. The summed E-state index contributed by atoms with van der Waals surface area (Å²) in [6.45, 7) is 0.201. The van der Waals surface area contributed by atoms with Gasteiger partial charge >= 0.3 is 5.97 Å². The molecule has 1 unspecified atom stereocenters. The van der Waals surface area contributed by atoms with Crippen molar-refractivity contribution >= 4 is 17.8 Å². The molecule has 4 aromatic rings. The Labute approximate surface area is 223 Å². The summed E-state index contributed by atoms with van der Waals surface area (Å²) in [7, 11) is 3.34. The number of aliphatic carboxylic acids is 1. The molecule has 5 rings (SSSR count). The fourth-order valence-electron chi connectivity index (χ4n) is 4.47. The van der Waals surface area contributed by atoms with E-state index in [0.717, 1.165) is 0 Å². The third-order valence-electron chi connectivity index (χ3n) is 6.43. The number of ether oxygens (including phenoxy) is 3. The first-order valence-corrected chi connectivity index (χ1v) is 12.0. The van der Waals surface area contributed by atoms with Gasteiger partial charge in [0, 0.05) is 43.3 Å². The molecule has 0 fully saturated rings. The minimum Gasteiger partial charge on any atom is -0.508 e. The minimum absolute atomic E-state index is 0.0505. The number of ketones is 1. The van der Waals surface area contributed by atoms with Gasteiger partial charge in [-0.25, -0.2) is 4.98 Å². The molecule has 2 aromatic heterocycles. The third-order valence-corrected chi connectivity index (χ3v) is 6.43. The van der Waals surface area contributed by atoms with Gasteiger partial charge in [-0.05, 0) is 47.5 Å². The number of carbonyl (C=O) groups excluding carboxylic acids is 1. The molecule has 0 amide bonds. The van der Waals surface area contributed by atoms with Crippen molar-refractivity contribution < 1.29 is 34.0 Å². The maximum atomic E-state index is 13.1. The lowest BCUT2D eigenvalue weighted by molar-refractivity contribution is -0.137. The van der Waals surface area contributed by atoms with Crippen LogP contribution in [0.15, 0.2) is 73.0 Å². The first-order chi connectivity index (χ1) is 18.9. The number of methoxy groups -OCH3 is 1. The Morgan fingerprint density at radius 3 is 2.72 bits per heavy atom. The Bertz CT molecular complexity index is 1580. The Balaban J connectivity index is 1.52. The molecule has 10 heteroatoms. The van der Waals surface area contributed by atoms with Gasteiger partial charge in [-0.3, -0.25) is 14.6 Å². The van der Waals surface area contributed by atoms with Crippen LogP contribution in [0.5, 0.6) is 23.0 Å². The average Bonchev–Trinajstić information content (AvgIpc) is 3.48. The smallest absolute Gasteiger partial charge is 0.304 e. The highest BCUT2D eigenvalue weighted by molar-refractivity contribution is 6.15. The predicted molar refractivity (Wildman–Crippen MR) is 140 cm³/mol. The number of benzene rings is 2. The van der Waals surface area contributed by atoms with Crippen LogP contribution in [0, 0.1) is 0 Å². The molecule has 0 radical (unpaired) electrons. The molecular weight excluding hydrogens is 502 g/mol. The minimum atomic E-state index is -1.10. The predicted octanol–water partition coefficient (Wildman–Crippen LogP) is 4.33. The Hall–Kier alpha value is -5.12. The maximum absolute atomic E-state index is 13.1. The lowest BCUT2D eigenvalue weighted by Gasteiger charge is -2.21. The van der Waals surface area contributed by atoms with Crippen molar-refractivity contribution in [2.24, 2.45) is 7.05 Å². The number of fused-ring (bicyclic) bond motifs is 1. The number of rotatable bonds is 9. The van der Waals surface area contributed by atoms with E-state index in [2.05, 4.69) is 9.97 Å². The first kappa shape index (κ1) is 25.5. The van der Waals surface area contributed by atoms with Gasteiger partial charge in [0.1, 0.15) is 23.9 Å². The Kier molecular flexibility index (Phi) is 7.00. The van der Waals surface area contributed by atoms with Crippen LogP contribution in [0.25, 0.3) is 6.08 Å². The number of carbonyl (C=O) groups is 2. The van der Waals surface area contributed by atoms with Crippen LogP contribution in [0.1, 0.15) is 45.2 Å². The lowest BCUT2D eigenvalue weighted by Crippen LogP contribution is -2.10. The number of phenols is 1. The van der Waals surface area contributed by atoms with Gasteiger partial charge < -0.3 is 29.0 Å². The van der Waals surface area contributed by atoms with E-state index in [1.165, 1.54) is 19.2 Å². The van der Waals surface area contributed by atoms with Crippen molar-refractivity contribution in [3.8, 4) is 23.0 Å². The zero-order valence-corrected chi connectivity index (χ0v) is 21.2. The highest BCUT2D eigenvalue weighted by atomic mass is 16.5. The van der Waals surface area contributed by atoms with Crippen LogP contribution in [0.3, 0.4) is 0 Å². The van der Waals surface area contributed by atoms with Crippen LogP contribution < -0.4 is 14.2 Å². The monoisotopic (exact) mass is 527 g/mol. The van der Waals surface area contributed by atoms with E-state index in [-0.39, 0.29) is 47.2 Å². The number of aromatic nitrogens is 3. The molecule has 0 aliphatic carbocycles. The van der Waals surface area contributed by atoms with E-state index >= 15 is 0 Å². The van der Waals surface area contributed by atoms with E-state index in [4.69, 9.17) is 14.2 Å². The second kappa shape index (κ2) is 10.7. The number of aryl methyl sites for hydroxylation is 1. The number of aromatic hydroxyl groups is 1. The molecule has 10 nitrogen and oxygen atoms in total. The van der Waals surface area contributed by atoms with Crippen LogP contribution in [0.4, 0.5) is 0 Å². The SMILES string of the molecule is COc1cc(C(CC(=O)O)c2c(O)ccc3c2OC(=Cc2cccnc2)C3=O)ccc1OCc1nccn1C. The summed E-state index contributed by atoms with van der Waals surface area (Å²) in [6, 6.07) is 11.4. The molecule has 2 N–H and O–H groups in total. The zero-order valence-electron chi connectivity index (χ0n) is 21.2. The third kappa shape index (κ3) is 5.17. The molecular formula is C29H25N3O7. The van der Waals surface area contributed by atoms with E-state index in [1.54, 1.807) is 55.0 Å². The maximum Gasteiger partial charge on any atom is 0.304 e. The summed E-state index contributed by atoms with van der Waals surface area (Å²) in [6.07, 6.45) is 7.86. The number of Topliss-reactive ketones (excluding diaryl/α,β-unsaturated/α-hetero) is 1. The van der Waals surface area contributed by atoms with Crippen molar-refractivity contribution in [2.45, 2.75) is 18.9 Å². The van der Waals surface area contributed by atoms with Crippen LogP contribution in [-0.2, 0) is 18.4 Å². The highest BCUT2D eigenvalue weighted by Gasteiger charge is 2.35. The summed E-state index contributed by atoms with van der Waals surface area (Å²) in [5.74, 6) is -0.824.